The highest BCUT2D eigenvalue weighted by atomic mass is 16.6. The van der Waals surface area contributed by atoms with Crippen LogP contribution in [-0.4, -0.2) is 30.4 Å². The van der Waals surface area contributed by atoms with Crippen molar-refractivity contribution in [2.45, 2.75) is 33.3 Å². The van der Waals surface area contributed by atoms with Crippen LogP contribution in [0, 0.1) is 0 Å². The van der Waals surface area contributed by atoms with Gasteiger partial charge in [0.05, 0.1) is 0 Å². The summed E-state index contributed by atoms with van der Waals surface area (Å²) < 4.78 is 10.6. The molecule has 2 rings (SSSR count). The van der Waals surface area contributed by atoms with Gasteiger partial charge in [0.15, 0.2) is 18.5 Å². The molecule has 1 amide bonds. The Kier molecular flexibility index (Phi) is 7.11. The predicted octanol–water partition coefficient (Wildman–Crippen LogP) is 3.40. The minimum atomic E-state index is -0.977. The Balaban J connectivity index is 1.84. The molecule has 6 nitrogen and oxygen atoms in total. The molecular formula is C21H23NO5. The monoisotopic (exact) mass is 369 g/mol. The van der Waals surface area contributed by atoms with Crippen molar-refractivity contribution in [1.29, 1.82) is 0 Å². The summed E-state index contributed by atoms with van der Waals surface area (Å²) in [5, 5.41) is 2.64. The fourth-order valence-corrected chi connectivity index (χ4v) is 2.39. The molecule has 0 aromatic heterocycles. The van der Waals surface area contributed by atoms with Gasteiger partial charge in [-0.1, -0.05) is 25.1 Å². The van der Waals surface area contributed by atoms with Gasteiger partial charge < -0.3 is 14.8 Å². The third-order valence-corrected chi connectivity index (χ3v) is 3.94. The molecule has 6 heteroatoms. The number of hydrogen-bond acceptors (Lipinski definition) is 5. The molecule has 0 bridgehead atoms. The van der Waals surface area contributed by atoms with Gasteiger partial charge in [-0.05, 0) is 56.2 Å². The first-order valence-corrected chi connectivity index (χ1v) is 8.72. The summed E-state index contributed by atoms with van der Waals surface area (Å²) in [6.07, 6.45) is -0.193. The molecule has 0 aliphatic heterocycles. The number of carbonyl (C=O) groups is 3. The first-order chi connectivity index (χ1) is 12.9. The number of ether oxygens (including phenoxy) is 2. The SMILES string of the molecule is CCc1ccccc1OCC(=O)OC(C)C(=O)Nc1ccc(C(C)=O)cc1. The molecule has 1 unspecified atom stereocenters. The molecule has 0 aliphatic rings. The van der Waals surface area contributed by atoms with Crippen LogP contribution >= 0.6 is 0 Å². The van der Waals surface area contributed by atoms with Gasteiger partial charge >= 0.3 is 5.97 Å². The van der Waals surface area contributed by atoms with E-state index in [4.69, 9.17) is 9.47 Å². The van der Waals surface area contributed by atoms with E-state index in [0.29, 0.717) is 17.0 Å². The minimum absolute atomic E-state index is 0.0557. The Morgan fingerprint density at radius 3 is 2.33 bits per heavy atom. The molecule has 2 aromatic rings. The highest BCUT2D eigenvalue weighted by Gasteiger charge is 2.18. The van der Waals surface area contributed by atoms with Crippen molar-refractivity contribution in [1.82, 2.24) is 0 Å². The molecule has 2 aromatic carbocycles. The largest absolute Gasteiger partial charge is 0.482 e. The molecule has 27 heavy (non-hydrogen) atoms. The predicted molar refractivity (Wildman–Crippen MR) is 102 cm³/mol. The zero-order chi connectivity index (χ0) is 19.8. The second-order valence-electron chi connectivity index (χ2n) is 6.00. The normalized spacial score (nSPS) is 11.4. The van der Waals surface area contributed by atoms with Crippen LogP contribution in [0.5, 0.6) is 5.75 Å². The van der Waals surface area contributed by atoms with Gasteiger partial charge in [-0.25, -0.2) is 4.79 Å². The van der Waals surface area contributed by atoms with Crippen molar-refractivity contribution in [2.24, 2.45) is 0 Å². The maximum atomic E-state index is 12.1. The fourth-order valence-electron chi connectivity index (χ4n) is 2.39. The number of para-hydroxylation sites is 1. The van der Waals surface area contributed by atoms with E-state index in [1.807, 2.05) is 25.1 Å². The lowest BCUT2D eigenvalue weighted by molar-refractivity contribution is -0.155. The number of ketones is 1. The van der Waals surface area contributed by atoms with Crippen LogP contribution in [0.4, 0.5) is 5.69 Å². The maximum Gasteiger partial charge on any atom is 0.344 e. The molecule has 0 aliphatic carbocycles. The van der Waals surface area contributed by atoms with Crippen molar-refractivity contribution in [2.75, 3.05) is 11.9 Å². The van der Waals surface area contributed by atoms with Gasteiger partial charge in [0.2, 0.25) is 0 Å². The van der Waals surface area contributed by atoms with Crippen molar-refractivity contribution in [3.05, 3.63) is 59.7 Å². The summed E-state index contributed by atoms with van der Waals surface area (Å²) in [5.74, 6) is -0.525. The number of hydrogen-bond donors (Lipinski definition) is 1. The zero-order valence-corrected chi connectivity index (χ0v) is 15.7. The Morgan fingerprint density at radius 2 is 1.70 bits per heavy atom. The molecule has 142 valence electrons. The highest BCUT2D eigenvalue weighted by molar-refractivity contribution is 5.97. The van der Waals surface area contributed by atoms with Crippen LogP contribution in [0.25, 0.3) is 0 Å². The average Bonchev–Trinajstić information content (AvgIpc) is 2.66. The third kappa shape index (κ3) is 5.95. The van der Waals surface area contributed by atoms with Crippen molar-refractivity contribution in [3.63, 3.8) is 0 Å². The first-order valence-electron chi connectivity index (χ1n) is 8.72. The van der Waals surface area contributed by atoms with Gasteiger partial charge in [0.25, 0.3) is 5.91 Å². The summed E-state index contributed by atoms with van der Waals surface area (Å²) in [5.41, 5.74) is 2.06. The lowest BCUT2D eigenvalue weighted by Gasteiger charge is -2.15. The molecule has 0 heterocycles. The molecule has 0 fully saturated rings. The van der Waals surface area contributed by atoms with Gasteiger partial charge in [-0.15, -0.1) is 0 Å². The molecule has 0 saturated heterocycles. The van der Waals surface area contributed by atoms with E-state index in [2.05, 4.69) is 5.32 Å². The molecular weight excluding hydrogens is 346 g/mol. The summed E-state index contributed by atoms with van der Waals surface area (Å²) in [6.45, 7) is 4.67. The summed E-state index contributed by atoms with van der Waals surface area (Å²) in [6, 6.07) is 13.9. The first kappa shape index (κ1) is 20.2. The number of aryl methyl sites for hydroxylation is 1. The third-order valence-electron chi connectivity index (χ3n) is 3.94. The molecule has 1 N–H and O–H groups in total. The van der Waals surface area contributed by atoms with Crippen LogP contribution in [0.1, 0.15) is 36.7 Å². The molecule has 1 atom stereocenters. The van der Waals surface area contributed by atoms with Crippen molar-refractivity contribution < 1.29 is 23.9 Å². The number of anilines is 1. The average molecular weight is 369 g/mol. The molecule has 0 saturated carbocycles. The molecule has 0 spiro atoms. The highest BCUT2D eigenvalue weighted by Crippen LogP contribution is 2.18. The standard InChI is InChI=1S/C21H23NO5/c1-4-16-7-5-6-8-19(16)26-13-20(24)27-15(3)21(25)22-18-11-9-17(10-12-18)14(2)23/h5-12,15H,4,13H2,1-3H3,(H,22,25). The van der Waals surface area contributed by atoms with Crippen LogP contribution in [-0.2, 0) is 20.7 Å². The number of nitrogens with one attached hydrogen (secondary N) is 1. The van der Waals surface area contributed by atoms with E-state index in [-0.39, 0.29) is 12.4 Å². The second-order valence-corrected chi connectivity index (χ2v) is 6.00. The van der Waals surface area contributed by atoms with Gasteiger partial charge in [-0.3, -0.25) is 9.59 Å². The molecule has 0 radical (unpaired) electrons. The van der Waals surface area contributed by atoms with Crippen molar-refractivity contribution >= 4 is 23.3 Å². The number of rotatable bonds is 8. The van der Waals surface area contributed by atoms with Crippen LogP contribution < -0.4 is 10.1 Å². The Labute approximate surface area is 158 Å². The lowest BCUT2D eigenvalue weighted by Crippen LogP contribution is -2.31. The Hall–Kier alpha value is -3.15. The number of amides is 1. The Morgan fingerprint density at radius 1 is 1.04 bits per heavy atom. The van der Waals surface area contributed by atoms with Crippen LogP contribution in [0.15, 0.2) is 48.5 Å². The fraction of sp³-hybridized carbons (Fsp3) is 0.286. The van der Waals surface area contributed by atoms with Gasteiger partial charge in [0.1, 0.15) is 5.75 Å². The summed E-state index contributed by atoms with van der Waals surface area (Å²) >= 11 is 0. The van der Waals surface area contributed by atoms with E-state index >= 15 is 0 Å². The van der Waals surface area contributed by atoms with E-state index in [1.54, 1.807) is 30.3 Å². The van der Waals surface area contributed by atoms with Crippen LogP contribution in [0.2, 0.25) is 0 Å². The van der Waals surface area contributed by atoms with E-state index in [1.165, 1.54) is 13.8 Å². The van der Waals surface area contributed by atoms with E-state index in [0.717, 1.165) is 12.0 Å². The van der Waals surface area contributed by atoms with Gasteiger partial charge in [0, 0.05) is 11.3 Å². The summed E-state index contributed by atoms with van der Waals surface area (Å²) in [4.78, 5) is 35.3. The topological polar surface area (TPSA) is 81.7 Å². The number of Topliss-reactive ketones (excluding diaryl/α,β-unsaturated/α-hetero) is 1. The second kappa shape index (κ2) is 9.52. The van der Waals surface area contributed by atoms with E-state index < -0.39 is 18.0 Å². The number of carbonyl (C=O) groups excluding carboxylic acids is 3. The summed E-state index contributed by atoms with van der Waals surface area (Å²) in [7, 11) is 0. The zero-order valence-electron chi connectivity index (χ0n) is 15.7. The number of esters is 1. The van der Waals surface area contributed by atoms with Gasteiger partial charge in [-0.2, -0.15) is 0 Å². The Bertz CT molecular complexity index is 814. The lowest BCUT2D eigenvalue weighted by atomic mass is 10.1. The smallest absolute Gasteiger partial charge is 0.344 e. The van der Waals surface area contributed by atoms with E-state index in [9.17, 15) is 14.4 Å². The minimum Gasteiger partial charge on any atom is -0.482 e. The maximum absolute atomic E-state index is 12.1. The van der Waals surface area contributed by atoms with Crippen molar-refractivity contribution in [3.8, 4) is 5.75 Å². The quantitative estimate of drug-likeness (QED) is 0.570. The van der Waals surface area contributed by atoms with Crippen LogP contribution in [0.3, 0.4) is 0 Å². The number of benzene rings is 2.